The van der Waals surface area contributed by atoms with E-state index in [1.807, 2.05) is 12.4 Å². The first kappa shape index (κ1) is 6.10. The van der Waals surface area contributed by atoms with Gasteiger partial charge in [-0.05, 0) is 25.0 Å². The molecule has 1 unspecified atom stereocenters. The lowest BCUT2D eigenvalue weighted by Gasteiger charge is -2.26. The summed E-state index contributed by atoms with van der Waals surface area (Å²) in [6.45, 7) is 1.18. The lowest BCUT2D eigenvalue weighted by atomic mass is 9.95. The van der Waals surface area contributed by atoms with Crippen molar-refractivity contribution < 1.29 is 0 Å². The fraction of sp³-hybridized carbons (Fsp3) is 0.625. The third-order valence-electron chi connectivity index (χ3n) is 2.17. The predicted molar refractivity (Wildman–Crippen MR) is 42.2 cm³/mol. The molecule has 1 atom stereocenters. The molecule has 1 fully saturated rings. The van der Waals surface area contributed by atoms with E-state index >= 15 is 0 Å². The van der Waals surface area contributed by atoms with Crippen LogP contribution in [-0.4, -0.2) is 18.8 Å². The van der Waals surface area contributed by atoms with Gasteiger partial charge in [0.15, 0.2) is 0 Å². The summed E-state index contributed by atoms with van der Waals surface area (Å²) in [5.41, 5.74) is 1.49. The number of piperidine rings is 1. The number of fused-ring (bicyclic) bond motifs is 1. The van der Waals surface area contributed by atoms with Crippen LogP contribution >= 0.6 is 0 Å². The summed E-state index contributed by atoms with van der Waals surface area (Å²) in [5, 5.41) is 3.46. The van der Waals surface area contributed by atoms with Gasteiger partial charge in [-0.15, -0.1) is 0 Å². The van der Waals surface area contributed by atoms with Gasteiger partial charge >= 0.3 is 0 Å². The van der Waals surface area contributed by atoms with Gasteiger partial charge in [-0.3, -0.25) is 4.99 Å². The Bertz CT molecular complexity index is 182. The summed E-state index contributed by atoms with van der Waals surface area (Å²) in [5.74, 6) is 0. The van der Waals surface area contributed by atoms with E-state index in [2.05, 4.69) is 10.3 Å². The van der Waals surface area contributed by atoms with E-state index in [4.69, 9.17) is 0 Å². The highest BCUT2D eigenvalue weighted by atomic mass is 14.9. The van der Waals surface area contributed by atoms with Crippen molar-refractivity contribution in [1.82, 2.24) is 5.32 Å². The zero-order valence-electron chi connectivity index (χ0n) is 6.01. The summed E-state index contributed by atoms with van der Waals surface area (Å²) in [4.78, 5) is 4.13. The van der Waals surface area contributed by atoms with Crippen LogP contribution in [0.1, 0.15) is 19.3 Å². The monoisotopic (exact) mass is 136 g/mol. The topological polar surface area (TPSA) is 24.4 Å². The van der Waals surface area contributed by atoms with Gasteiger partial charge < -0.3 is 5.32 Å². The standard InChI is InChI=1S/C8H12N2/c1-2-7-6-9-5-3-8(7)10-4-1/h5-6,8,10H,1-4H2. The highest BCUT2D eigenvalue weighted by molar-refractivity contribution is 5.62. The minimum atomic E-state index is 0.617. The van der Waals surface area contributed by atoms with Crippen molar-refractivity contribution in [3.63, 3.8) is 0 Å². The molecule has 1 N–H and O–H groups in total. The Balaban J connectivity index is 2.14. The molecule has 0 spiro atoms. The molecular formula is C8H12N2. The number of nitrogens with one attached hydrogen (secondary N) is 1. The van der Waals surface area contributed by atoms with Crippen molar-refractivity contribution in [3.05, 3.63) is 11.8 Å². The number of rotatable bonds is 0. The Morgan fingerprint density at radius 3 is 3.50 bits per heavy atom. The molecule has 0 radical (unpaired) electrons. The van der Waals surface area contributed by atoms with E-state index in [0.29, 0.717) is 6.04 Å². The molecule has 0 saturated carbocycles. The van der Waals surface area contributed by atoms with Crippen molar-refractivity contribution in [1.29, 1.82) is 0 Å². The Morgan fingerprint density at radius 1 is 1.60 bits per heavy atom. The largest absolute Gasteiger partial charge is 0.310 e. The second-order valence-corrected chi connectivity index (χ2v) is 2.88. The van der Waals surface area contributed by atoms with Gasteiger partial charge in [0.1, 0.15) is 0 Å². The lowest BCUT2D eigenvalue weighted by Crippen LogP contribution is -2.37. The van der Waals surface area contributed by atoms with Crippen molar-refractivity contribution in [2.45, 2.75) is 25.3 Å². The van der Waals surface area contributed by atoms with Crippen LogP contribution in [0.3, 0.4) is 0 Å². The summed E-state index contributed by atoms with van der Waals surface area (Å²) >= 11 is 0. The van der Waals surface area contributed by atoms with Gasteiger partial charge in [-0.2, -0.15) is 0 Å². The molecule has 0 aliphatic carbocycles. The fourth-order valence-corrected chi connectivity index (χ4v) is 1.58. The lowest BCUT2D eigenvalue weighted by molar-refractivity contribution is 0.497. The van der Waals surface area contributed by atoms with Crippen LogP contribution in [0.2, 0.25) is 0 Å². The molecule has 2 aliphatic heterocycles. The van der Waals surface area contributed by atoms with E-state index in [9.17, 15) is 0 Å². The molecule has 2 nitrogen and oxygen atoms in total. The third kappa shape index (κ3) is 0.991. The fourth-order valence-electron chi connectivity index (χ4n) is 1.58. The number of aliphatic imine (C=N–C) groups is 1. The molecule has 0 amide bonds. The Labute approximate surface area is 61.0 Å². The van der Waals surface area contributed by atoms with Gasteiger partial charge in [0.05, 0.1) is 0 Å². The van der Waals surface area contributed by atoms with Crippen LogP contribution in [0.5, 0.6) is 0 Å². The van der Waals surface area contributed by atoms with E-state index in [-0.39, 0.29) is 0 Å². The highest BCUT2D eigenvalue weighted by Crippen LogP contribution is 2.19. The molecule has 1 saturated heterocycles. The van der Waals surface area contributed by atoms with Gasteiger partial charge in [0, 0.05) is 24.9 Å². The van der Waals surface area contributed by atoms with Crippen LogP contribution in [0.25, 0.3) is 0 Å². The second kappa shape index (κ2) is 2.54. The Hall–Kier alpha value is -0.630. The van der Waals surface area contributed by atoms with Gasteiger partial charge in [-0.25, -0.2) is 0 Å². The SMILES string of the molecule is C1=NC=C2CCCNC2C1. The molecular weight excluding hydrogens is 124 g/mol. The van der Waals surface area contributed by atoms with Gasteiger partial charge in [0.2, 0.25) is 0 Å². The quantitative estimate of drug-likeness (QED) is 0.529. The van der Waals surface area contributed by atoms with Crippen molar-refractivity contribution >= 4 is 6.21 Å². The summed E-state index contributed by atoms with van der Waals surface area (Å²) < 4.78 is 0. The van der Waals surface area contributed by atoms with E-state index < -0.39 is 0 Å². The molecule has 0 aromatic carbocycles. The first-order valence-corrected chi connectivity index (χ1v) is 3.91. The van der Waals surface area contributed by atoms with Gasteiger partial charge in [0.25, 0.3) is 0 Å². The summed E-state index contributed by atoms with van der Waals surface area (Å²) in [6, 6.07) is 0.617. The predicted octanol–water partition coefficient (Wildman–Crippen LogP) is 1.10. The summed E-state index contributed by atoms with van der Waals surface area (Å²) in [6.07, 6.45) is 7.62. The maximum Gasteiger partial charge on any atom is 0.0347 e. The maximum absolute atomic E-state index is 4.13. The minimum absolute atomic E-state index is 0.617. The normalized spacial score (nSPS) is 31.2. The maximum atomic E-state index is 4.13. The Kier molecular flexibility index (Phi) is 1.55. The first-order chi connectivity index (χ1) is 4.97. The Morgan fingerprint density at radius 2 is 2.60 bits per heavy atom. The molecule has 2 heteroatoms. The van der Waals surface area contributed by atoms with Crippen molar-refractivity contribution in [3.8, 4) is 0 Å². The number of hydrogen-bond acceptors (Lipinski definition) is 2. The third-order valence-corrected chi connectivity index (χ3v) is 2.17. The molecule has 0 bridgehead atoms. The van der Waals surface area contributed by atoms with Crippen LogP contribution in [0, 0.1) is 0 Å². The van der Waals surface area contributed by atoms with E-state index in [0.717, 1.165) is 6.42 Å². The van der Waals surface area contributed by atoms with Gasteiger partial charge in [-0.1, -0.05) is 0 Å². The summed E-state index contributed by atoms with van der Waals surface area (Å²) in [7, 11) is 0. The zero-order valence-corrected chi connectivity index (χ0v) is 6.01. The highest BCUT2D eigenvalue weighted by Gasteiger charge is 2.18. The molecule has 0 aromatic heterocycles. The number of nitrogens with zero attached hydrogens (tertiary/aromatic N) is 1. The van der Waals surface area contributed by atoms with Crippen molar-refractivity contribution in [2.24, 2.45) is 4.99 Å². The van der Waals surface area contributed by atoms with Crippen LogP contribution in [-0.2, 0) is 0 Å². The average Bonchev–Trinajstić information content (AvgIpc) is 2.05. The second-order valence-electron chi connectivity index (χ2n) is 2.88. The van der Waals surface area contributed by atoms with E-state index in [1.165, 1.54) is 25.0 Å². The molecule has 2 rings (SSSR count). The van der Waals surface area contributed by atoms with Crippen LogP contribution < -0.4 is 5.32 Å². The van der Waals surface area contributed by atoms with Crippen LogP contribution in [0.15, 0.2) is 16.8 Å². The smallest absolute Gasteiger partial charge is 0.0347 e. The molecule has 54 valence electrons. The first-order valence-electron chi connectivity index (χ1n) is 3.91. The zero-order chi connectivity index (χ0) is 6.81. The van der Waals surface area contributed by atoms with Crippen molar-refractivity contribution in [2.75, 3.05) is 6.54 Å². The van der Waals surface area contributed by atoms with Crippen LogP contribution in [0.4, 0.5) is 0 Å². The average molecular weight is 136 g/mol. The minimum Gasteiger partial charge on any atom is -0.310 e. The molecule has 2 heterocycles. The molecule has 2 aliphatic rings. The molecule has 0 aromatic rings. The molecule has 10 heavy (non-hydrogen) atoms. The van der Waals surface area contributed by atoms with E-state index in [1.54, 1.807) is 0 Å². The number of hydrogen-bond donors (Lipinski definition) is 1.